The first kappa shape index (κ1) is 17.3. The van der Waals surface area contributed by atoms with Crippen LogP contribution in [-0.4, -0.2) is 27.1 Å². The first-order valence-corrected chi connectivity index (χ1v) is 8.06. The number of allylic oxidation sites excluding steroid dienone is 1. The molecule has 0 spiro atoms. The van der Waals surface area contributed by atoms with Crippen molar-refractivity contribution >= 4 is 16.4 Å². The van der Waals surface area contributed by atoms with E-state index in [0.717, 1.165) is 19.1 Å². The van der Waals surface area contributed by atoms with Gasteiger partial charge in [-0.1, -0.05) is 25.8 Å². The summed E-state index contributed by atoms with van der Waals surface area (Å²) in [5.74, 6) is 0.0128. The average molecular weight is 276 g/mol. The minimum atomic E-state index is -3.38. The van der Waals surface area contributed by atoms with Crippen LogP contribution in [0.3, 0.4) is 0 Å². The van der Waals surface area contributed by atoms with Gasteiger partial charge in [0, 0.05) is 5.92 Å². The van der Waals surface area contributed by atoms with E-state index in [2.05, 4.69) is 6.58 Å². The molecule has 1 atom stereocenters. The van der Waals surface area contributed by atoms with Crippen LogP contribution in [0.1, 0.15) is 45.4 Å². The minimum absolute atomic E-state index is 0.0751. The SMILES string of the molecule is C=CCC(C=O)CCCOS(=O)(=O)CCCCC. The van der Waals surface area contributed by atoms with Gasteiger partial charge in [0.2, 0.25) is 0 Å². The predicted octanol–water partition coefficient (Wildman–Crippen LogP) is 2.69. The lowest BCUT2D eigenvalue weighted by Crippen LogP contribution is -2.12. The largest absolute Gasteiger partial charge is 0.303 e. The maximum Gasteiger partial charge on any atom is 0.267 e. The normalized spacial score (nSPS) is 13.2. The summed E-state index contributed by atoms with van der Waals surface area (Å²) in [6, 6.07) is 0. The van der Waals surface area contributed by atoms with E-state index in [1.54, 1.807) is 6.08 Å². The second-order valence-corrected chi connectivity index (χ2v) is 6.11. The molecule has 0 aromatic carbocycles. The zero-order valence-electron chi connectivity index (χ0n) is 11.1. The zero-order valence-corrected chi connectivity index (χ0v) is 12.0. The van der Waals surface area contributed by atoms with Crippen molar-refractivity contribution in [2.24, 2.45) is 5.92 Å². The molecule has 106 valence electrons. The van der Waals surface area contributed by atoms with Crippen molar-refractivity contribution in [3.8, 4) is 0 Å². The Balaban J connectivity index is 3.75. The van der Waals surface area contributed by atoms with Crippen LogP contribution >= 0.6 is 0 Å². The fourth-order valence-corrected chi connectivity index (χ4v) is 2.62. The van der Waals surface area contributed by atoms with Gasteiger partial charge in [-0.05, 0) is 25.7 Å². The monoisotopic (exact) mass is 276 g/mol. The van der Waals surface area contributed by atoms with Crippen LogP contribution in [-0.2, 0) is 19.1 Å². The van der Waals surface area contributed by atoms with Crippen LogP contribution in [0.5, 0.6) is 0 Å². The molecule has 18 heavy (non-hydrogen) atoms. The Morgan fingerprint density at radius 1 is 1.28 bits per heavy atom. The Morgan fingerprint density at radius 2 is 2.00 bits per heavy atom. The van der Waals surface area contributed by atoms with E-state index >= 15 is 0 Å². The molecule has 0 heterocycles. The molecule has 0 amide bonds. The van der Waals surface area contributed by atoms with Gasteiger partial charge in [-0.25, -0.2) is 0 Å². The molecular formula is C13H24O4S. The minimum Gasteiger partial charge on any atom is -0.303 e. The summed E-state index contributed by atoms with van der Waals surface area (Å²) in [4.78, 5) is 10.7. The summed E-state index contributed by atoms with van der Waals surface area (Å²) in [5.41, 5.74) is 0. The molecular weight excluding hydrogens is 252 g/mol. The molecule has 0 aromatic rings. The Hall–Kier alpha value is -0.680. The number of carbonyl (C=O) groups is 1. The fourth-order valence-electron chi connectivity index (χ4n) is 1.57. The molecule has 0 N–H and O–H groups in total. The van der Waals surface area contributed by atoms with Crippen LogP contribution in [0.2, 0.25) is 0 Å². The molecule has 4 nitrogen and oxygen atoms in total. The summed E-state index contributed by atoms with van der Waals surface area (Å²) < 4.78 is 27.8. The van der Waals surface area contributed by atoms with E-state index in [4.69, 9.17) is 4.18 Å². The number of hydrogen-bond donors (Lipinski definition) is 0. The summed E-state index contributed by atoms with van der Waals surface area (Å²) >= 11 is 0. The average Bonchev–Trinajstić information content (AvgIpc) is 2.33. The number of unbranched alkanes of at least 4 members (excludes halogenated alkanes) is 2. The first-order chi connectivity index (χ1) is 8.55. The van der Waals surface area contributed by atoms with Gasteiger partial charge >= 0.3 is 0 Å². The van der Waals surface area contributed by atoms with Gasteiger partial charge in [0.05, 0.1) is 12.4 Å². The van der Waals surface area contributed by atoms with Crippen molar-refractivity contribution in [2.75, 3.05) is 12.4 Å². The molecule has 0 aromatic heterocycles. The van der Waals surface area contributed by atoms with Crippen molar-refractivity contribution in [3.63, 3.8) is 0 Å². The van der Waals surface area contributed by atoms with Crippen LogP contribution in [0.15, 0.2) is 12.7 Å². The van der Waals surface area contributed by atoms with E-state index in [9.17, 15) is 13.2 Å². The second-order valence-electron chi connectivity index (χ2n) is 4.35. The molecule has 5 heteroatoms. The Kier molecular flexibility index (Phi) is 9.87. The number of aldehydes is 1. The van der Waals surface area contributed by atoms with E-state index in [1.165, 1.54) is 0 Å². The highest BCUT2D eigenvalue weighted by molar-refractivity contribution is 7.86. The van der Waals surface area contributed by atoms with Crippen LogP contribution in [0.4, 0.5) is 0 Å². The number of rotatable bonds is 12. The highest BCUT2D eigenvalue weighted by Gasteiger charge is 2.11. The molecule has 0 saturated heterocycles. The van der Waals surface area contributed by atoms with E-state index in [-0.39, 0.29) is 18.3 Å². The van der Waals surface area contributed by atoms with E-state index < -0.39 is 10.1 Å². The lowest BCUT2D eigenvalue weighted by atomic mass is 10.0. The third-order valence-electron chi connectivity index (χ3n) is 2.64. The molecule has 0 aliphatic rings. The van der Waals surface area contributed by atoms with Crippen LogP contribution in [0.25, 0.3) is 0 Å². The summed E-state index contributed by atoms with van der Waals surface area (Å²) in [5, 5.41) is 0. The van der Waals surface area contributed by atoms with Gasteiger partial charge in [0.15, 0.2) is 0 Å². The van der Waals surface area contributed by atoms with Crippen LogP contribution < -0.4 is 0 Å². The van der Waals surface area contributed by atoms with E-state index in [0.29, 0.717) is 25.7 Å². The second kappa shape index (κ2) is 10.3. The number of hydrogen-bond acceptors (Lipinski definition) is 4. The van der Waals surface area contributed by atoms with Gasteiger partial charge < -0.3 is 4.79 Å². The molecule has 0 rings (SSSR count). The Bertz CT molecular complexity index is 322. The maximum atomic E-state index is 11.4. The molecule has 0 aliphatic carbocycles. The fraction of sp³-hybridized carbons (Fsp3) is 0.769. The van der Waals surface area contributed by atoms with Gasteiger partial charge in [-0.3, -0.25) is 4.18 Å². The van der Waals surface area contributed by atoms with Gasteiger partial charge in [0.1, 0.15) is 6.29 Å². The van der Waals surface area contributed by atoms with Gasteiger partial charge in [-0.15, -0.1) is 6.58 Å². The quantitative estimate of drug-likeness (QED) is 0.238. The summed E-state index contributed by atoms with van der Waals surface area (Å²) in [6.07, 6.45) is 6.95. The van der Waals surface area contributed by atoms with Gasteiger partial charge in [0.25, 0.3) is 10.1 Å². The molecule has 0 saturated carbocycles. The molecule has 0 aliphatic heterocycles. The smallest absolute Gasteiger partial charge is 0.267 e. The predicted molar refractivity (Wildman–Crippen MR) is 72.9 cm³/mol. The number of carbonyl (C=O) groups excluding carboxylic acids is 1. The third-order valence-corrected chi connectivity index (χ3v) is 3.96. The standard InChI is InChI=1S/C13H24O4S/c1-3-5-6-11-18(15,16)17-10-7-9-13(12-14)8-4-2/h4,12-13H,2-3,5-11H2,1H3. The first-order valence-electron chi connectivity index (χ1n) is 6.49. The Labute approximate surface area is 111 Å². The summed E-state index contributed by atoms with van der Waals surface area (Å²) in [7, 11) is -3.38. The van der Waals surface area contributed by atoms with Crippen molar-refractivity contribution < 1.29 is 17.4 Å². The van der Waals surface area contributed by atoms with E-state index in [1.807, 2.05) is 6.92 Å². The molecule has 0 bridgehead atoms. The van der Waals surface area contributed by atoms with Crippen molar-refractivity contribution in [2.45, 2.75) is 45.4 Å². The van der Waals surface area contributed by atoms with Crippen molar-refractivity contribution in [3.05, 3.63) is 12.7 Å². The highest BCUT2D eigenvalue weighted by Crippen LogP contribution is 2.10. The lowest BCUT2D eigenvalue weighted by molar-refractivity contribution is -0.111. The zero-order chi connectivity index (χ0) is 13.9. The third kappa shape index (κ3) is 9.36. The van der Waals surface area contributed by atoms with Crippen molar-refractivity contribution in [1.29, 1.82) is 0 Å². The van der Waals surface area contributed by atoms with Crippen molar-refractivity contribution in [1.82, 2.24) is 0 Å². The van der Waals surface area contributed by atoms with Gasteiger partial charge in [-0.2, -0.15) is 8.42 Å². The topological polar surface area (TPSA) is 60.4 Å². The lowest BCUT2D eigenvalue weighted by Gasteiger charge is -2.08. The summed E-state index contributed by atoms with van der Waals surface area (Å²) in [6.45, 7) is 5.75. The Morgan fingerprint density at radius 3 is 2.56 bits per heavy atom. The maximum absolute atomic E-state index is 11.4. The molecule has 1 unspecified atom stereocenters. The van der Waals surface area contributed by atoms with Crippen LogP contribution in [0, 0.1) is 5.92 Å². The molecule has 0 radical (unpaired) electrons. The highest BCUT2D eigenvalue weighted by atomic mass is 32.2. The molecule has 0 fully saturated rings.